The van der Waals surface area contributed by atoms with Gasteiger partial charge in [0, 0.05) is 47.9 Å². The fourth-order valence-corrected chi connectivity index (χ4v) is 6.36. The van der Waals surface area contributed by atoms with Crippen molar-refractivity contribution in [2.75, 3.05) is 18.4 Å². The van der Waals surface area contributed by atoms with Crippen LogP contribution in [0.4, 0.5) is 5.69 Å². The number of sulfonamides is 1. The molecule has 166 valence electrons. The number of anilines is 1. The second-order valence-corrected chi connectivity index (χ2v) is 10.6. The summed E-state index contributed by atoms with van der Waals surface area (Å²) in [5, 5.41) is 4.96. The van der Waals surface area contributed by atoms with Gasteiger partial charge in [-0.3, -0.25) is 9.78 Å². The lowest BCUT2D eigenvalue weighted by molar-refractivity contribution is -0.120. The van der Waals surface area contributed by atoms with Crippen molar-refractivity contribution < 1.29 is 13.2 Å². The molecule has 1 fully saturated rings. The Labute approximate surface area is 188 Å². The van der Waals surface area contributed by atoms with E-state index in [-0.39, 0.29) is 11.8 Å². The third-order valence-corrected chi connectivity index (χ3v) is 8.62. The monoisotopic (exact) mass is 449 g/mol. The molecule has 32 heavy (non-hydrogen) atoms. The molecule has 1 N–H and O–H groups in total. The maximum absolute atomic E-state index is 13.2. The van der Waals surface area contributed by atoms with Gasteiger partial charge in [0.15, 0.2) is 0 Å². The highest BCUT2D eigenvalue weighted by molar-refractivity contribution is 7.89. The minimum Gasteiger partial charge on any atom is -0.325 e. The normalized spacial score (nSPS) is 17.8. The third-order valence-electron chi connectivity index (χ3n) is 6.72. The number of carbonyl (C=O) groups excluding carboxylic acids is 1. The van der Waals surface area contributed by atoms with Gasteiger partial charge < -0.3 is 5.32 Å². The number of carbonyl (C=O) groups is 1. The number of aromatic nitrogens is 1. The maximum Gasteiger partial charge on any atom is 0.243 e. The second-order valence-electron chi connectivity index (χ2n) is 8.71. The van der Waals surface area contributed by atoms with Crippen molar-refractivity contribution >= 4 is 32.4 Å². The van der Waals surface area contributed by atoms with Crippen molar-refractivity contribution in [2.45, 2.75) is 43.4 Å². The van der Waals surface area contributed by atoms with Crippen LogP contribution in [0.5, 0.6) is 0 Å². The van der Waals surface area contributed by atoms with E-state index in [0.717, 1.165) is 41.3 Å². The molecule has 6 nitrogen and oxygen atoms in total. The quantitative estimate of drug-likeness (QED) is 0.649. The van der Waals surface area contributed by atoms with Crippen LogP contribution in [-0.4, -0.2) is 36.7 Å². The average Bonchev–Trinajstić information content (AvgIpc) is 2.84. The van der Waals surface area contributed by atoms with Crippen LogP contribution in [0.25, 0.3) is 10.8 Å². The van der Waals surface area contributed by atoms with Gasteiger partial charge in [0.1, 0.15) is 0 Å². The van der Waals surface area contributed by atoms with Crippen molar-refractivity contribution in [3.05, 3.63) is 66.0 Å². The first kappa shape index (κ1) is 21.1. The summed E-state index contributed by atoms with van der Waals surface area (Å²) < 4.78 is 27.9. The number of piperidine rings is 1. The number of pyridine rings is 1. The zero-order valence-electron chi connectivity index (χ0n) is 18.0. The van der Waals surface area contributed by atoms with Crippen molar-refractivity contribution in [3.8, 4) is 0 Å². The first-order valence-corrected chi connectivity index (χ1v) is 12.7. The Hall–Kier alpha value is -2.77. The van der Waals surface area contributed by atoms with Gasteiger partial charge in [0.2, 0.25) is 15.9 Å². The van der Waals surface area contributed by atoms with Gasteiger partial charge >= 0.3 is 0 Å². The highest BCUT2D eigenvalue weighted by Gasteiger charge is 2.32. The summed E-state index contributed by atoms with van der Waals surface area (Å²) >= 11 is 0. The lowest BCUT2D eigenvalue weighted by Gasteiger charge is -2.31. The number of hydrogen-bond acceptors (Lipinski definition) is 4. The largest absolute Gasteiger partial charge is 0.325 e. The van der Waals surface area contributed by atoms with E-state index in [0.29, 0.717) is 30.8 Å². The molecule has 0 bridgehead atoms. The lowest BCUT2D eigenvalue weighted by atomic mass is 9.92. The number of rotatable bonds is 4. The number of benzene rings is 2. The molecule has 0 saturated carbocycles. The summed E-state index contributed by atoms with van der Waals surface area (Å²) in [6.45, 7) is 0.716. The molecule has 0 unspecified atom stereocenters. The summed E-state index contributed by atoms with van der Waals surface area (Å²) in [4.78, 5) is 17.4. The number of hydrogen-bond donors (Lipinski definition) is 1. The van der Waals surface area contributed by atoms with Crippen molar-refractivity contribution in [1.82, 2.24) is 9.29 Å². The maximum atomic E-state index is 13.2. The van der Waals surface area contributed by atoms with Crippen LogP contribution in [0.1, 0.15) is 36.8 Å². The molecule has 2 aromatic carbocycles. The zero-order valence-corrected chi connectivity index (χ0v) is 18.8. The van der Waals surface area contributed by atoms with E-state index < -0.39 is 10.0 Å². The van der Waals surface area contributed by atoms with Crippen LogP contribution in [0, 0.1) is 5.92 Å². The summed E-state index contributed by atoms with van der Waals surface area (Å²) in [5.74, 6) is -0.262. The Balaban J connectivity index is 1.26. The Kier molecular flexibility index (Phi) is 5.69. The Morgan fingerprint density at radius 3 is 2.59 bits per heavy atom. The number of nitrogens with one attached hydrogen (secondary N) is 1. The molecule has 7 heteroatoms. The molecule has 0 radical (unpaired) electrons. The molecule has 2 aliphatic rings. The molecular formula is C25H27N3O3S. The summed E-state index contributed by atoms with van der Waals surface area (Å²) in [5.41, 5.74) is 3.20. The van der Waals surface area contributed by atoms with Gasteiger partial charge in [0.25, 0.3) is 0 Å². The standard InChI is InChI=1S/C25H27N3O3S/c29-25(27-24-7-3-6-21-17-26-13-10-23(21)24)19-11-14-28(15-12-19)32(30,31)22-9-8-18-4-1-2-5-20(18)16-22/h3,6-10,13,16-17,19H,1-2,4-5,11-12,14-15H2,(H,27,29). The molecule has 1 amide bonds. The molecule has 1 aliphatic carbocycles. The van der Waals surface area contributed by atoms with E-state index in [4.69, 9.17) is 0 Å². The van der Waals surface area contributed by atoms with Gasteiger partial charge in [-0.15, -0.1) is 0 Å². The van der Waals surface area contributed by atoms with Crippen molar-refractivity contribution in [1.29, 1.82) is 0 Å². The van der Waals surface area contributed by atoms with E-state index in [1.165, 1.54) is 16.3 Å². The minimum absolute atomic E-state index is 0.0554. The number of nitrogens with zero attached hydrogens (tertiary/aromatic N) is 2. The predicted molar refractivity (Wildman–Crippen MR) is 125 cm³/mol. The van der Waals surface area contributed by atoms with E-state index >= 15 is 0 Å². The van der Waals surface area contributed by atoms with Crippen LogP contribution >= 0.6 is 0 Å². The Morgan fingerprint density at radius 1 is 1.00 bits per heavy atom. The van der Waals surface area contributed by atoms with Crippen LogP contribution in [0.2, 0.25) is 0 Å². The van der Waals surface area contributed by atoms with Gasteiger partial charge in [-0.1, -0.05) is 18.2 Å². The molecule has 0 spiro atoms. The molecule has 3 aromatic rings. The van der Waals surface area contributed by atoms with Crippen molar-refractivity contribution in [2.24, 2.45) is 5.92 Å². The van der Waals surface area contributed by atoms with E-state index in [9.17, 15) is 13.2 Å². The van der Waals surface area contributed by atoms with Gasteiger partial charge in [0.05, 0.1) is 4.90 Å². The number of aryl methyl sites for hydroxylation is 2. The average molecular weight is 450 g/mol. The zero-order chi connectivity index (χ0) is 22.1. The van der Waals surface area contributed by atoms with Crippen LogP contribution in [0.3, 0.4) is 0 Å². The fourth-order valence-electron chi connectivity index (χ4n) is 4.84. The lowest BCUT2D eigenvalue weighted by Crippen LogP contribution is -2.41. The molecular weight excluding hydrogens is 422 g/mol. The minimum atomic E-state index is -3.54. The van der Waals surface area contributed by atoms with Gasteiger partial charge in [-0.2, -0.15) is 4.31 Å². The van der Waals surface area contributed by atoms with E-state index in [2.05, 4.69) is 10.3 Å². The molecule has 1 aliphatic heterocycles. The molecule has 0 atom stereocenters. The SMILES string of the molecule is O=C(Nc1cccc2cnccc12)C1CCN(S(=O)(=O)c2ccc3c(c2)CCCC3)CC1. The number of amides is 1. The molecule has 5 rings (SSSR count). The summed E-state index contributed by atoms with van der Waals surface area (Å²) in [7, 11) is -3.54. The summed E-state index contributed by atoms with van der Waals surface area (Å²) in [6.07, 6.45) is 8.78. The Morgan fingerprint density at radius 2 is 1.78 bits per heavy atom. The molecule has 2 heterocycles. The predicted octanol–water partition coefficient (Wildman–Crippen LogP) is 4.15. The molecule has 1 aromatic heterocycles. The van der Waals surface area contributed by atoms with Crippen LogP contribution in [0.15, 0.2) is 59.8 Å². The topological polar surface area (TPSA) is 79.4 Å². The second kappa shape index (κ2) is 8.64. The number of fused-ring (bicyclic) bond motifs is 2. The Bertz CT molecular complexity index is 1260. The van der Waals surface area contributed by atoms with E-state index in [1.807, 2.05) is 36.4 Å². The fraction of sp³-hybridized carbons (Fsp3) is 0.360. The van der Waals surface area contributed by atoms with Crippen LogP contribution < -0.4 is 5.32 Å². The van der Waals surface area contributed by atoms with Gasteiger partial charge in [-0.05, 0) is 73.9 Å². The van der Waals surface area contributed by atoms with E-state index in [1.54, 1.807) is 18.5 Å². The molecule has 1 saturated heterocycles. The summed E-state index contributed by atoms with van der Waals surface area (Å²) in [6, 6.07) is 13.2. The van der Waals surface area contributed by atoms with Crippen LogP contribution in [-0.2, 0) is 27.7 Å². The smallest absolute Gasteiger partial charge is 0.243 e. The highest BCUT2D eigenvalue weighted by atomic mass is 32.2. The first-order chi connectivity index (χ1) is 15.5. The first-order valence-electron chi connectivity index (χ1n) is 11.3. The third kappa shape index (κ3) is 4.02. The van der Waals surface area contributed by atoms with Gasteiger partial charge in [-0.25, -0.2) is 8.42 Å². The van der Waals surface area contributed by atoms with Crippen molar-refractivity contribution in [3.63, 3.8) is 0 Å². The highest BCUT2D eigenvalue weighted by Crippen LogP contribution is 2.29.